The molecule has 0 spiro atoms. The molecule has 1 aliphatic rings. The zero-order valence-corrected chi connectivity index (χ0v) is 7.55. The standard InChI is InChI=1S/C9H14N2O/c1-7(2)11-8(12)5-9(6-10)3-4-9/h7H,3-5H2,1-2H3,(H,11,12). The van der Waals surface area contributed by atoms with Gasteiger partial charge in [0.25, 0.3) is 0 Å². The van der Waals surface area contributed by atoms with Crippen molar-refractivity contribution >= 4 is 5.91 Å². The number of rotatable bonds is 3. The molecule has 0 atom stereocenters. The Morgan fingerprint density at radius 3 is 2.58 bits per heavy atom. The average molecular weight is 166 g/mol. The minimum atomic E-state index is -0.307. The minimum absolute atomic E-state index is 0.00375. The average Bonchev–Trinajstić information content (AvgIpc) is 2.67. The molecule has 0 radical (unpaired) electrons. The molecule has 0 aromatic carbocycles. The lowest BCUT2D eigenvalue weighted by atomic mass is 10.0. The lowest BCUT2D eigenvalue weighted by molar-refractivity contribution is -0.122. The molecular weight excluding hydrogens is 152 g/mol. The van der Waals surface area contributed by atoms with Crippen molar-refractivity contribution in [3.8, 4) is 6.07 Å². The third-order valence-electron chi connectivity index (χ3n) is 2.04. The first-order valence-corrected chi connectivity index (χ1v) is 4.29. The monoisotopic (exact) mass is 166 g/mol. The second-order valence-corrected chi connectivity index (χ2v) is 3.79. The first kappa shape index (κ1) is 9.05. The molecule has 12 heavy (non-hydrogen) atoms. The maximum Gasteiger partial charge on any atom is 0.221 e. The van der Waals surface area contributed by atoms with E-state index in [1.54, 1.807) is 0 Å². The van der Waals surface area contributed by atoms with E-state index in [-0.39, 0.29) is 17.4 Å². The van der Waals surface area contributed by atoms with Gasteiger partial charge in [0.05, 0.1) is 11.5 Å². The van der Waals surface area contributed by atoms with Gasteiger partial charge in [-0.1, -0.05) is 0 Å². The normalized spacial score (nSPS) is 18.5. The van der Waals surface area contributed by atoms with Crippen molar-refractivity contribution in [1.29, 1.82) is 5.26 Å². The Kier molecular flexibility index (Phi) is 2.37. The topological polar surface area (TPSA) is 52.9 Å². The van der Waals surface area contributed by atoms with Crippen LogP contribution in [-0.2, 0) is 4.79 Å². The fourth-order valence-electron chi connectivity index (χ4n) is 1.16. The number of carbonyl (C=O) groups is 1. The number of nitriles is 1. The lowest BCUT2D eigenvalue weighted by Gasteiger charge is -2.09. The van der Waals surface area contributed by atoms with Crippen LogP contribution in [0.2, 0.25) is 0 Å². The molecule has 0 unspecified atom stereocenters. The zero-order valence-electron chi connectivity index (χ0n) is 7.55. The van der Waals surface area contributed by atoms with E-state index in [2.05, 4.69) is 11.4 Å². The molecule has 1 N–H and O–H groups in total. The highest BCUT2D eigenvalue weighted by Gasteiger charge is 2.44. The summed E-state index contributed by atoms with van der Waals surface area (Å²) in [7, 11) is 0. The highest BCUT2D eigenvalue weighted by Crippen LogP contribution is 2.47. The largest absolute Gasteiger partial charge is 0.354 e. The maximum atomic E-state index is 11.2. The molecule has 0 saturated heterocycles. The summed E-state index contributed by atoms with van der Waals surface area (Å²) in [5.41, 5.74) is -0.307. The number of hydrogen-bond donors (Lipinski definition) is 1. The van der Waals surface area contributed by atoms with E-state index in [0.29, 0.717) is 6.42 Å². The maximum absolute atomic E-state index is 11.2. The smallest absolute Gasteiger partial charge is 0.221 e. The van der Waals surface area contributed by atoms with Crippen LogP contribution in [0.15, 0.2) is 0 Å². The summed E-state index contributed by atoms with van der Waals surface area (Å²) in [6.07, 6.45) is 2.14. The SMILES string of the molecule is CC(C)NC(=O)CC1(C#N)CC1. The summed E-state index contributed by atoms with van der Waals surface area (Å²) in [5, 5.41) is 11.5. The van der Waals surface area contributed by atoms with Crippen LogP contribution in [0.4, 0.5) is 0 Å². The Morgan fingerprint density at radius 2 is 2.25 bits per heavy atom. The van der Waals surface area contributed by atoms with Gasteiger partial charge in [0.2, 0.25) is 5.91 Å². The van der Waals surface area contributed by atoms with Gasteiger partial charge in [0.15, 0.2) is 0 Å². The molecule has 0 bridgehead atoms. The first-order chi connectivity index (χ1) is 5.58. The first-order valence-electron chi connectivity index (χ1n) is 4.29. The van der Waals surface area contributed by atoms with Gasteiger partial charge in [0, 0.05) is 12.5 Å². The molecule has 66 valence electrons. The fourth-order valence-corrected chi connectivity index (χ4v) is 1.16. The molecule has 1 fully saturated rings. The highest BCUT2D eigenvalue weighted by atomic mass is 16.1. The summed E-state index contributed by atoms with van der Waals surface area (Å²) in [5.74, 6) is 0.00375. The van der Waals surface area contributed by atoms with Gasteiger partial charge in [-0.05, 0) is 26.7 Å². The summed E-state index contributed by atoms with van der Waals surface area (Å²) in [4.78, 5) is 11.2. The molecule has 1 aliphatic carbocycles. The predicted octanol–water partition coefficient (Wildman–Crippen LogP) is 1.20. The molecule has 0 aliphatic heterocycles. The minimum Gasteiger partial charge on any atom is -0.354 e. The second kappa shape index (κ2) is 3.14. The molecule has 0 aromatic rings. The van der Waals surface area contributed by atoms with E-state index in [0.717, 1.165) is 12.8 Å². The molecule has 0 heterocycles. The Morgan fingerprint density at radius 1 is 1.67 bits per heavy atom. The van der Waals surface area contributed by atoms with Crippen molar-refractivity contribution < 1.29 is 4.79 Å². The van der Waals surface area contributed by atoms with Gasteiger partial charge in [-0.2, -0.15) is 5.26 Å². The number of nitrogens with one attached hydrogen (secondary N) is 1. The van der Waals surface area contributed by atoms with Crippen LogP contribution in [-0.4, -0.2) is 11.9 Å². The lowest BCUT2D eigenvalue weighted by Crippen LogP contribution is -2.31. The molecule has 3 heteroatoms. The number of amides is 1. The predicted molar refractivity (Wildman–Crippen MR) is 45.2 cm³/mol. The van der Waals surface area contributed by atoms with Crippen LogP contribution in [0.5, 0.6) is 0 Å². The van der Waals surface area contributed by atoms with E-state index in [9.17, 15) is 4.79 Å². The Labute approximate surface area is 72.8 Å². The number of carbonyl (C=O) groups excluding carboxylic acids is 1. The van der Waals surface area contributed by atoms with Gasteiger partial charge in [-0.15, -0.1) is 0 Å². The Bertz CT molecular complexity index is 223. The van der Waals surface area contributed by atoms with E-state index >= 15 is 0 Å². The van der Waals surface area contributed by atoms with Crippen LogP contribution in [0, 0.1) is 16.7 Å². The fraction of sp³-hybridized carbons (Fsp3) is 0.778. The third-order valence-corrected chi connectivity index (χ3v) is 2.04. The van der Waals surface area contributed by atoms with Crippen molar-refractivity contribution in [1.82, 2.24) is 5.32 Å². The second-order valence-electron chi connectivity index (χ2n) is 3.79. The van der Waals surface area contributed by atoms with E-state index in [1.807, 2.05) is 13.8 Å². The van der Waals surface area contributed by atoms with Gasteiger partial charge >= 0.3 is 0 Å². The van der Waals surface area contributed by atoms with Gasteiger partial charge in [-0.3, -0.25) is 4.79 Å². The van der Waals surface area contributed by atoms with Crippen LogP contribution < -0.4 is 5.32 Å². The molecular formula is C9H14N2O. The van der Waals surface area contributed by atoms with Crippen LogP contribution in [0.3, 0.4) is 0 Å². The van der Waals surface area contributed by atoms with Gasteiger partial charge < -0.3 is 5.32 Å². The molecule has 0 aromatic heterocycles. The van der Waals surface area contributed by atoms with Crippen molar-refractivity contribution in [2.75, 3.05) is 0 Å². The van der Waals surface area contributed by atoms with E-state index < -0.39 is 0 Å². The van der Waals surface area contributed by atoms with Crippen molar-refractivity contribution in [2.24, 2.45) is 5.41 Å². The van der Waals surface area contributed by atoms with Crippen molar-refractivity contribution in [2.45, 2.75) is 39.2 Å². The van der Waals surface area contributed by atoms with Crippen molar-refractivity contribution in [3.05, 3.63) is 0 Å². The highest BCUT2D eigenvalue weighted by molar-refractivity contribution is 5.77. The van der Waals surface area contributed by atoms with E-state index in [4.69, 9.17) is 5.26 Å². The summed E-state index contributed by atoms with van der Waals surface area (Å²) in [6.45, 7) is 3.84. The quantitative estimate of drug-likeness (QED) is 0.685. The summed E-state index contributed by atoms with van der Waals surface area (Å²) < 4.78 is 0. The van der Waals surface area contributed by atoms with Crippen LogP contribution in [0.25, 0.3) is 0 Å². The molecule has 1 amide bonds. The third kappa shape index (κ3) is 2.23. The molecule has 1 saturated carbocycles. The molecule has 1 rings (SSSR count). The van der Waals surface area contributed by atoms with Crippen molar-refractivity contribution in [3.63, 3.8) is 0 Å². The van der Waals surface area contributed by atoms with Gasteiger partial charge in [0.1, 0.15) is 0 Å². The van der Waals surface area contributed by atoms with Crippen LogP contribution in [0.1, 0.15) is 33.1 Å². The zero-order chi connectivity index (χ0) is 9.19. The number of hydrogen-bond acceptors (Lipinski definition) is 2. The van der Waals surface area contributed by atoms with E-state index in [1.165, 1.54) is 0 Å². The Hall–Kier alpha value is -1.04. The van der Waals surface area contributed by atoms with Gasteiger partial charge in [-0.25, -0.2) is 0 Å². The summed E-state index contributed by atoms with van der Waals surface area (Å²) >= 11 is 0. The van der Waals surface area contributed by atoms with Crippen LogP contribution >= 0.6 is 0 Å². The summed E-state index contributed by atoms with van der Waals surface area (Å²) in [6, 6.07) is 2.37. The molecule has 3 nitrogen and oxygen atoms in total. The Balaban J connectivity index is 2.33. The number of nitrogens with zero attached hydrogens (tertiary/aromatic N) is 1.